The molecule has 2 rings (SSSR count). The molecular weight excluding hydrogens is 236 g/mol. The van der Waals surface area contributed by atoms with Crippen molar-refractivity contribution in [3.63, 3.8) is 0 Å². The molecule has 74 valence electrons. The van der Waals surface area contributed by atoms with Gasteiger partial charge in [-0.2, -0.15) is 0 Å². The van der Waals surface area contributed by atoms with Gasteiger partial charge in [-0.3, -0.25) is 0 Å². The van der Waals surface area contributed by atoms with Crippen LogP contribution in [0.4, 0.5) is 0 Å². The summed E-state index contributed by atoms with van der Waals surface area (Å²) in [6, 6.07) is 3.94. The fourth-order valence-electron chi connectivity index (χ4n) is 1.48. The lowest BCUT2D eigenvalue weighted by Gasteiger charge is -2.06. The van der Waals surface area contributed by atoms with Crippen LogP contribution in [0, 0.1) is 0 Å². The van der Waals surface area contributed by atoms with Crippen molar-refractivity contribution >= 4 is 45.7 Å². The minimum atomic E-state index is 0.00844. The van der Waals surface area contributed by atoms with Gasteiger partial charge in [0, 0.05) is 20.9 Å². The smallest absolute Gasteiger partial charge is 0.0692 e. The minimum absolute atomic E-state index is 0.00844. The third-order valence-corrected chi connectivity index (χ3v) is 3.98. The lowest BCUT2D eigenvalue weighted by Crippen LogP contribution is -1.89. The van der Waals surface area contributed by atoms with Gasteiger partial charge in [0.15, 0.2) is 0 Å². The highest BCUT2D eigenvalue weighted by molar-refractivity contribution is 7.80. The van der Waals surface area contributed by atoms with Gasteiger partial charge in [0.1, 0.15) is 0 Å². The van der Waals surface area contributed by atoms with Gasteiger partial charge in [0.05, 0.1) is 6.61 Å². The van der Waals surface area contributed by atoms with E-state index in [1.807, 2.05) is 17.5 Å². The highest BCUT2D eigenvalue weighted by atomic mass is 35.5. The predicted octanol–water partition coefficient (Wildman–Crippen LogP) is 3.42. The van der Waals surface area contributed by atoms with E-state index in [1.54, 1.807) is 11.3 Å². The molecular formula is C10H9ClOS2. The second-order valence-corrected chi connectivity index (χ2v) is 4.63. The summed E-state index contributed by atoms with van der Waals surface area (Å²) in [5.74, 6) is 0.470. The third kappa shape index (κ3) is 1.54. The van der Waals surface area contributed by atoms with Crippen LogP contribution < -0.4 is 0 Å². The molecule has 0 radical (unpaired) electrons. The molecule has 0 aliphatic heterocycles. The van der Waals surface area contributed by atoms with Crippen LogP contribution in [0.1, 0.15) is 11.1 Å². The van der Waals surface area contributed by atoms with Crippen LogP contribution in [0.25, 0.3) is 10.1 Å². The van der Waals surface area contributed by atoms with Gasteiger partial charge in [0.25, 0.3) is 0 Å². The topological polar surface area (TPSA) is 20.2 Å². The number of thiophene rings is 1. The lowest BCUT2D eigenvalue weighted by molar-refractivity contribution is 0.279. The number of thiol groups is 1. The molecule has 1 heterocycles. The van der Waals surface area contributed by atoms with Crippen molar-refractivity contribution in [1.29, 1.82) is 0 Å². The maximum Gasteiger partial charge on any atom is 0.0692 e. The van der Waals surface area contributed by atoms with Gasteiger partial charge in [-0.1, -0.05) is 0 Å². The Labute approximate surface area is 96.7 Å². The van der Waals surface area contributed by atoms with Crippen molar-refractivity contribution in [3.05, 3.63) is 28.6 Å². The van der Waals surface area contributed by atoms with Crippen LogP contribution >= 0.6 is 35.6 Å². The Morgan fingerprint density at radius 1 is 1.43 bits per heavy atom. The van der Waals surface area contributed by atoms with Crippen LogP contribution in [-0.4, -0.2) is 5.11 Å². The van der Waals surface area contributed by atoms with Crippen LogP contribution in [0.15, 0.2) is 22.4 Å². The van der Waals surface area contributed by atoms with Gasteiger partial charge >= 0.3 is 0 Å². The zero-order valence-corrected chi connectivity index (χ0v) is 9.79. The van der Waals surface area contributed by atoms with Crippen molar-refractivity contribution < 1.29 is 5.11 Å². The molecule has 0 atom stereocenters. The number of aliphatic hydroxyl groups excluding tert-OH is 1. The molecule has 1 nitrogen and oxygen atoms in total. The molecule has 0 saturated carbocycles. The number of hydrogen-bond donors (Lipinski definition) is 2. The Kier molecular flexibility index (Phi) is 3.02. The minimum Gasteiger partial charge on any atom is -0.392 e. The number of benzene rings is 1. The Hall–Kier alpha value is -0.220. The largest absolute Gasteiger partial charge is 0.392 e. The summed E-state index contributed by atoms with van der Waals surface area (Å²) < 4.78 is 1.17. The van der Waals surface area contributed by atoms with Crippen molar-refractivity contribution in [2.75, 3.05) is 0 Å². The second kappa shape index (κ2) is 4.11. The molecule has 2 aromatic rings. The first-order valence-corrected chi connectivity index (χ1v) is 6.01. The summed E-state index contributed by atoms with van der Waals surface area (Å²) in [6.07, 6.45) is 0. The number of fused-ring (bicyclic) bond motifs is 1. The van der Waals surface area contributed by atoms with E-state index in [0.717, 1.165) is 21.4 Å². The Bertz CT molecular complexity index is 464. The zero-order valence-electron chi connectivity index (χ0n) is 7.33. The molecule has 0 bridgehead atoms. The summed E-state index contributed by atoms with van der Waals surface area (Å²) in [5, 5.41) is 12.2. The van der Waals surface area contributed by atoms with Crippen LogP contribution in [0.5, 0.6) is 0 Å². The van der Waals surface area contributed by atoms with Gasteiger partial charge < -0.3 is 5.11 Å². The van der Waals surface area contributed by atoms with Crippen molar-refractivity contribution in [1.82, 2.24) is 0 Å². The van der Waals surface area contributed by atoms with E-state index in [9.17, 15) is 0 Å². The number of aliphatic hydroxyl groups is 1. The van der Waals surface area contributed by atoms with Crippen LogP contribution in [0.3, 0.4) is 0 Å². The maximum atomic E-state index is 9.15. The SMILES string of the molecule is OCc1cc(CCl)c2sccc2c1S. The van der Waals surface area contributed by atoms with E-state index in [1.165, 1.54) is 4.70 Å². The number of hydrogen-bond acceptors (Lipinski definition) is 3. The average Bonchev–Trinajstić information content (AvgIpc) is 2.68. The average molecular weight is 245 g/mol. The molecule has 0 spiro atoms. The van der Waals surface area contributed by atoms with E-state index < -0.39 is 0 Å². The van der Waals surface area contributed by atoms with Gasteiger partial charge in [-0.15, -0.1) is 35.6 Å². The Morgan fingerprint density at radius 2 is 2.21 bits per heavy atom. The first-order chi connectivity index (χ1) is 6.77. The highest BCUT2D eigenvalue weighted by Crippen LogP contribution is 2.33. The quantitative estimate of drug-likeness (QED) is 0.613. The van der Waals surface area contributed by atoms with E-state index >= 15 is 0 Å². The third-order valence-electron chi connectivity index (χ3n) is 2.18. The second-order valence-electron chi connectivity index (χ2n) is 3.00. The first kappa shape index (κ1) is 10.3. The Morgan fingerprint density at radius 3 is 2.86 bits per heavy atom. The monoisotopic (exact) mass is 244 g/mol. The van der Waals surface area contributed by atoms with E-state index in [-0.39, 0.29) is 6.61 Å². The number of rotatable bonds is 2. The summed E-state index contributed by atoms with van der Waals surface area (Å²) >= 11 is 11.9. The molecule has 0 saturated heterocycles. The molecule has 0 aliphatic carbocycles. The van der Waals surface area contributed by atoms with Crippen molar-refractivity contribution in [3.8, 4) is 0 Å². The van der Waals surface area contributed by atoms with Gasteiger partial charge in [0.2, 0.25) is 0 Å². The molecule has 0 aliphatic rings. The molecule has 4 heteroatoms. The standard InChI is InChI=1S/C10H9ClOS2/c11-4-6-3-7(5-12)9(13)8-1-2-14-10(6)8/h1-3,12-13H,4-5H2. The van der Waals surface area contributed by atoms with Gasteiger partial charge in [-0.25, -0.2) is 0 Å². The summed E-state index contributed by atoms with van der Waals surface area (Å²) in [6.45, 7) is 0.00844. The predicted molar refractivity (Wildman–Crippen MR) is 64.6 cm³/mol. The first-order valence-electron chi connectivity index (χ1n) is 4.15. The summed E-state index contributed by atoms with van der Waals surface area (Å²) in [5.41, 5.74) is 1.91. The molecule has 14 heavy (non-hydrogen) atoms. The normalized spacial score (nSPS) is 11.1. The lowest BCUT2D eigenvalue weighted by atomic mass is 10.1. The number of halogens is 1. The van der Waals surface area contributed by atoms with Crippen molar-refractivity contribution in [2.24, 2.45) is 0 Å². The van der Waals surface area contributed by atoms with Crippen LogP contribution in [-0.2, 0) is 12.5 Å². The fraction of sp³-hybridized carbons (Fsp3) is 0.200. The fourth-order valence-corrected chi connectivity index (χ4v) is 3.09. The maximum absolute atomic E-state index is 9.15. The van der Waals surface area contributed by atoms with Crippen LogP contribution in [0.2, 0.25) is 0 Å². The summed E-state index contributed by atoms with van der Waals surface area (Å²) in [4.78, 5) is 0.859. The van der Waals surface area contributed by atoms with E-state index in [4.69, 9.17) is 16.7 Å². The van der Waals surface area contributed by atoms with Crippen molar-refractivity contribution in [2.45, 2.75) is 17.4 Å². The molecule has 1 aromatic carbocycles. The Balaban J connectivity index is 2.80. The molecule has 0 fully saturated rings. The molecule has 0 unspecified atom stereocenters. The zero-order chi connectivity index (χ0) is 10.1. The van der Waals surface area contributed by atoms with E-state index in [0.29, 0.717) is 5.88 Å². The highest BCUT2D eigenvalue weighted by Gasteiger charge is 2.09. The molecule has 0 amide bonds. The molecule has 1 N–H and O–H groups in total. The summed E-state index contributed by atoms with van der Waals surface area (Å²) in [7, 11) is 0. The number of alkyl halides is 1. The van der Waals surface area contributed by atoms with E-state index in [2.05, 4.69) is 12.6 Å². The molecule has 1 aromatic heterocycles. The van der Waals surface area contributed by atoms with Gasteiger partial charge in [-0.05, 0) is 28.6 Å².